The molecule has 1 fully saturated rings. The normalized spacial score (nSPS) is 16.1. The number of nitrogens with zero attached hydrogens (tertiary/aromatic N) is 1. The summed E-state index contributed by atoms with van der Waals surface area (Å²) in [5.41, 5.74) is 2.23. The van der Waals surface area contributed by atoms with E-state index in [0.717, 1.165) is 22.6 Å². The number of ether oxygens (including phenoxy) is 1. The first-order valence-electron chi connectivity index (χ1n) is 6.15. The first-order chi connectivity index (χ1) is 9.27. The summed E-state index contributed by atoms with van der Waals surface area (Å²) in [6.45, 7) is 4.88. The number of amides is 1. The lowest BCUT2D eigenvalue weighted by atomic mass is 10.0. The Labute approximate surface area is 117 Å². The second-order valence-electron chi connectivity index (χ2n) is 4.11. The van der Waals surface area contributed by atoms with E-state index >= 15 is 0 Å². The molecule has 1 aliphatic heterocycles. The van der Waals surface area contributed by atoms with E-state index < -0.39 is 0 Å². The zero-order chi connectivity index (χ0) is 13.7. The van der Waals surface area contributed by atoms with E-state index in [9.17, 15) is 4.79 Å². The SMILES string of the molecule is C=CC/C(=C(\SC)N1CCOC1=O)c1ccccc1. The second-order valence-corrected chi connectivity index (χ2v) is 4.91. The van der Waals surface area contributed by atoms with Gasteiger partial charge in [0.1, 0.15) is 6.61 Å². The summed E-state index contributed by atoms with van der Waals surface area (Å²) in [5, 5.41) is 0.952. The highest BCUT2D eigenvalue weighted by molar-refractivity contribution is 8.02. The molecular formula is C15H17NO2S. The lowest BCUT2D eigenvalue weighted by Gasteiger charge is -2.20. The van der Waals surface area contributed by atoms with Crippen LogP contribution in [-0.2, 0) is 4.74 Å². The maximum Gasteiger partial charge on any atom is 0.414 e. The van der Waals surface area contributed by atoms with Gasteiger partial charge in [0.2, 0.25) is 0 Å². The van der Waals surface area contributed by atoms with Gasteiger partial charge in [-0.1, -0.05) is 36.4 Å². The third-order valence-electron chi connectivity index (χ3n) is 2.93. The number of cyclic esters (lactones) is 1. The monoisotopic (exact) mass is 275 g/mol. The average Bonchev–Trinajstić information content (AvgIpc) is 2.86. The molecule has 0 spiro atoms. The van der Waals surface area contributed by atoms with Crippen LogP contribution >= 0.6 is 11.8 Å². The number of rotatable bonds is 5. The fourth-order valence-corrected chi connectivity index (χ4v) is 2.92. The van der Waals surface area contributed by atoms with Crippen molar-refractivity contribution in [2.75, 3.05) is 19.4 Å². The molecule has 4 heteroatoms. The fourth-order valence-electron chi connectivity index (χ4n) is 2.09. The molecule has 1 heterocycles. The van der Waals surface area contributed by atoms with E-state index in [1.54, 1.807) is 16.7 Å². The highest BCUT2D eigenvalue weighted by Crippen LogP contribution is 2.32. The number of allylic oxidation sites excluding steroid dienone is 2. The van der Waals surface area contributed by atoms with E-state index in [4.69, 9.17) is 4.74 Å². The zero-order valence-electron chi connectivity index (χ0n) is 11.0. The molecule has 1 aromatic carbocycles. The van der Waals surface area contributed by atoms with Crippen LogP contribution in [0.3, 0.4) is 0 Å². The van der Waals surface area contributed by atoms with Crippen molar-refractivity contribution in [3.05, 3.63) is 53.6 Å². The van der Waals surface area contributed by atoms with Gasteiger partial charge >= 0.3 is 6.09 Å². The summed E-state index contributed by atoms with van der Waals surface area (Å²) >= 11 is 1.57. The smallest absolute Gasteiger partial charge is 0.414 e. The molecule has 100 valence electrons. The van der Waals surface area contributed by atoms with Gasteiger partial charge in [0.15, 0.2) is 0 Å². The van der Waals surface area contributed by atoms with E-state index in [1.165, 1.54) is 0 Å². The van der Waals surface area contributed by atoms with Gasteiger partial charge in [0.25, 0.3) is 0 Å². The largest absolute Gasteiger partial charge is 0.447 e. The van der Waals surface area contributed by atoms with Gasteiger partial charge in [-0.15, -0.1) is 18.3 Å². The van der Waals surface area contributed by atoms with Gasteiger partial charge in [0, 0.05) is 0 Å². The first kappa shape index (κ1) is 13.7. The Morgan fingerprint density at radius 2 is 2.21 bits per heavy atom. The second kappa shape index (κ2) is 6.48. The molecule has 0 bridgehead atoms. The molecule has 1 saturated heterocycles. The van der Waals surface area contributed by atoms with Crippen LogP contribution in [0.5, 0.6) is 0 Å². The quantitative estimate of drug-likeness (QED) is 0.767. The standard InChI is InChI=1S/C15H17NO2S/c1-3-7-13(12-8-5-4-6-9-12)14(19-2)16-10-11-18-15(16)17/h3-6,8-9H,1,7,10-11H2,2H3/b14-13+. The summed E-state index contributed by atoms with van der Waals surface area (Å²) in [5.74, 6) is 0. The van der Waals surface area contributed by atoms with Gasteiger partial charge in [-0.3, -0.25) is 4.90 Å². The highest BCUT2D eigenvalue weighted by Gasteiger charge is 2.27. The number of thioether (sulfide) groups is 1. The molecule has 19 heavy (non-hydrogen) atoms. The number of benzene rings is 1. The molecule has 1 amide bonds. The number of carbonyl (C=O) groups excluding carboxylic acids is 1. The van der Waals surface area contributed by atoms with Crippen LogP contribution in [0.2, 0.25) is 0 Å². The van der Waals surface area contributed by atoms with E-state index in [2.05, 4.69) is 18.7 Å². The van der Waals surface area contributed by atoms with Crippen LogP contribution in [0.4, 0.5) is 4.79 Å². The molecule has 0 aromatic heterocycles. The molecule has 0 N–H and O–H groups in total. The molecule has 0 aliphatic carbocycles. The van der Waals surface area contributed by atoms with Crippen molar-refractivity contribution < 1.29 is 9.53 Å². The van der Waals surface area contributed by atoms with Crippen LogP contribution in [0, 0.1) is 0 Å². The molecular weight excluding hydrogens is 258 g/mol. The van der Waals surface area contributed by atoms with Crippen LogP contribution in [-0.4, -0.2) is 30.4 Å². The van der Waals surface area contributed by atoms with Crippen molar-refractivity contribution >= 4 is 23.4 Å². The molecule has 1 aliphatic rings. The third kappa shape index (κ3) is 3.01. The molecule has 0 atom stereocenters. The van der Waals surface area contributed by atoms with Gasteiger partial charge in [0.05, 0.1) is 11.6 Å². The minimum absolute atomic E-state index is 0.262. The van der Waals surface area contributed by atoms with Gasteiger partial charge in [-0.05, 0) is 23.8 Å². The van der Waals surface area contributed by atoms with Crippen molar-refractivity contribution in [1.29, 1.82) is 0 Å². The van der Waals surface area contributed by atoms with Crippen molar-refractivity contribution in [2.24, 2.45) is 0 Å². The van der Waals surface area contributed by atoms with Crippen molar-refractivity contribution in [3.63, 3.8) is 0 Å². The molecule has 3 nitrogen and oxygen atoms in total. The predicted molar refractivity (Wildman–Crippen MR) is 79.7 cm³/mol. The molecule has 0 unspecified atom stereocenters. The minimum Gasteiger partial charge on any atom is -0.447 e. The van der Waals surface area contributed by atoms with E-state index in [1.807, 2.05) is 30.5 Å². The molecule has 1 aromatic rings. The summed E-state index contributed by atoms with van der Waals surface area (Å²) in [6.07, 6.45) is 4.30. The van der Waals surface area contributed by atoms with Gasteiger partial charge < -0.3 is 4.74 Å². The molecule has 0 saturated carbocycles. The van der Waals surface area contributed by atoms with Crippen LogP contribution in [0.15, 0.2) is 48.0 Å². The Bertz CT molecular complexity index is 496. The predicted octanol–water partition coefficient (Wildman–Crippen LogP) is 3.75. The fraction of sp³-hybridized carbons (Fsp3) is 0.267. The maximum atomic E-state index is 11.7. The minimum atomic E-state index is -0.262. The molecule has 2 rings (SSSR count). The van der Waals surface area contributed by atoms with Crippen LogP contribution in [0.1, 0.15) is 12.0 Å². The Kier molecular flexibility index (Phi) is 4.68. The lowest BCUT2D eigenvalue weighted by molar-refractivity contribution is 0.165. The Balaban J connectivity index is 2.45. The summed E-state index contributed by atoms with van der Waals surface area (Å²) < 4.78 is 5.03. The maximum absolute atomic E-state index is 11.7. The Hall–Kier alpha value is -1.68. The van der Waals surface area contributed by atoms with E-state index in [-0.39, 0.29) is 6.09 Å². The van der Waals surface area contributed by atoms with Crippen molar-refractivity contribution in [1.82, 2.24) is 4.90 Å². The van der Waals surface area contributed by atoms with Crippen molar-refractivity contribution in [3.8, 4) is 0 Å². The van der Waals surface area contributed by atoms with Crippen LogP contribution < -0.4 is 0 Å². The molecule has 0 radical (unpaired) electrons. The number of carbonyl (C=O) groups is 1. The van der Waals surface area contributed by atoms with Crippen molar-refractivity contribution in [2.45, 2.75) is 6.42 Å². The highest BCUT2D eigenvalue weighted by atomic mass is 32.2. The summed E-state index contributed by atoms with van der Waals surface area (Å²) in [6, 6.07) is 10.1. The first-order valence-corrected chi connectivity index (χ1v) is 7.38. The zero-order valence-corrected chi connectivity index (χ0v) is 11.8. The van der Waals surface area contributed by atoms with E-state index in [0.29, 0.717) is 13.2 Å². The topological polar surface area (TPSA) is 29.5 Å². The Morgan fingerprint density at radius 3 is 2.74 bits per heavy atom. The third-order valence-corrected chi connectivity index (χ3v) is 3.78. The summed E-state index contributed by atoms with van der Waals surface area (Å²) in [7, 11) is 0. The number of hydrogen-bond acceptors (Lipinski definition) is 3. The van der Waals surface area contributed by atoms with Crippen LogP contribution in [0.25, 0.3) is 5.57 Å². The number of hydrogen-bond donors (Lipinski definition) is 0. The van der Waals surface area contributed by atoms with Gasteiger partial charge in [-0.2, -0.15) is 0 Å². The van der Waals surface area contributed by atoms with Gasteiger partial charge in [-0.25, -0.2) is 4.79 Å². The lowest BCUT2D eigenvalue weighted by Crippen LogP contribution is -2.23. The Morgan fingerprint density at radius 1 is 1.47 bits per heavy atom. The summed E-state index contributed by atoms with van der Waals surface area (Å²) in [4.78, 5) is 13.4. The average molecular weight is 275 g/mol.